The molecule has 2 heteroatoms. The van der Waals surface area contributed by atoms with Crippen LogP contribution >= 0.6 is 0 Å². The van der Waals surface area contributed by atoms with Gasteiger partial charge in [0.05, 0.1) is 0 Å². The Morgan fingerprint density at radius 2 is 2.00 bits per heavy atom. The van der Waals surface area contributed by atoms with Crippen molar-refractivity contribution in [1.29, 1.82) is 0 Å². The van der Waals surface area contributed by atoms with Gasteiger partial charge in [0.15, 0.2) is 0 Å². The van der Waals surface area contributed by atoms with Crippen LogP contribution in [0.2, 0.25) is 0 Å². The molecule has 0 amide bonds. The topological polar surface area (TPSA) is 3.24 Å². The molecular formula is C18H20FN. The third-order valence-electron chi connectivity index (χ3n) is 4.07. The van der Waals surface area contributed by atoms with E-state index in [0.717, 1.165) is 25.1 Å². The molecule has 0 bridgehead atoms. The highest BCUT2D eigenvalue weighted by Crippen LogP contribution is 2.33. The van der Waals surface area contributed by atoms with Gasteiger partial charge in [-0.1, -0.05) is 42.0 Å². The van der Waals surface area contributed by atoms with Crippen LogP contribution in [0.1, 0.15) is 35.6 Å². The summed E-state index contributed by atoms with van der Waals surface area (Å²) in [4.78, 5) is 2.46. The van der Waals surface area contributed by atoms with Crippen molar-refractivity contribution in [3.8, 4) is 0 Å². The van der Waals surface area contributed by atoms with Crippen LogP contribution in [0.3, 0.4) is 0 Å². The Balaban J connectivity index is 1.79. The lowest BCUT2D eigenvalue weighted by molar-refractivity contribution is 0.248. The van der Waals surface area contributed by atoms with Crippen LogP contribution in [-0.4, -0.2) is 11.4 Å². The molecule has 1 aliphatic heterocycles. The van der Waals surface area contributed by atoms with Crippen molar-refractivity contribution in [2.75, 3.05) is 6.54 Å². The maximum absolute atomic E-state index is 13.4. The van der Waals surface area contributed by atoms with Gasteiger partial charge >= 0.3 is 0 Å². The summed E-state index contributed by atoms with van der Waals surface area (Å²) in [6, 6.07) is 16.1. The first-order valence-corrected chi connectivity index (χ1v) is 7.27. The predicted molar refractivity (Wildman–Crippen MR) is 80.0 cm³/mol. The molecule has 0 N–H and O–H groups in total. The zero-order chi connectivity index (χ0) is 13.9. The van der Waals surface area contributed by atoms with Gasteiger partial charge in [0.2, 0.25) is 0 Å². The number of likely N-dealkylation sites (tertiary alicyclic amines) is 1. The molecule has 0 spiro atoms. The second kappa shape index (κ2) is 5.76. The first kappa shape index (κ1) is 13.3. The van der Waals surface area contributed by atoms with E-state index in [4.69, 9.17) is 0 Å². The van der Waals surface area contributed by atoms with E-state index < -0.39 is 0 Å². The van der Waals surface area contributed by atoms with E-state index in [2.05, 4.69) is 36.1 Å². The smallest absolute Gasteiger partial charge is 0.123 e. The molecule has 20 heavy (non-hydrogen) atoms. The van der Waals surface area contributed by atoms with E-state index in [1.54, 1.807) is 6.07 Å². The van der Waals surface area contributed by atoms with Gasteiger partial charge in [0.1, 0.15) is 5.82 Å². The molecule has 1 nitrogen and oxygen atoms in total. The van der Waals surface area contributed by atoms with Gasteiger partial charge in [-0.3, -0.25) is 4.90 Å². The SMILES string of the molecule is Cc1cccc(CN2CCCC2c2cccc(F)c2)c1. The highest BCUT2D eigenvalue weighted by atomic mass is 19.1. The number of halogens is 1. The fourth-order valence-corrected chi connectivity index (χ4v) is 3.15. The average molecular weight is 269 g/mol. The molecule has 104 valence electrons. The molecule has 1 aliphatic rings. The highest BCUT2D eigenvalue weighted by Gasteiger charge is 2.26. The van der Waals surface area contributed by atoms with Gasteiger partial charge in [-0.05, 0) is 49.6 Å². The minimum absolute atomic E-state index is 0.134. The lowest BCUT2D eigenvalue weighted by atomic mass is 10.0. The third-order valence-corrected chi connectivity index (χ3v) is 4.07. The zero-order valence-electron chi connectivity index (χ0n) is 11.8. The molecule has 2 aromatic carbocycles. The van der Waals surface area contributed by atoms with Crippen molar-refractivity contribution >= 4 is 0 Å². The van der Waals surface area contributed by atoms with E-state index in [1.165, 1.54) is 23.6 Å². The van der Waals surface area contributed by atoms with Crippen molar-refractivity contribution in [3.05, 3.63) is 71.0 Å². The molecule has 1 saturated heterocycles. The fraction of sp³-hybridized carbons (Fsp3) is 0.333. The van der Waals surface area contributed by atoms with Gasteiger partial charge in [0.25, 0.3) is 0 Å². The van der Waals surface area contributed by atoms with E-state index >= 15 is 0 Å². The van der Waals surface area contributed by atoms with Gasteiger partial charge < -0.3 is 0 Å². The van der Waals surface area contributed by atoms with E-state index in [-0.39, 0.29) is 5.82 Å². The second-order valence-electron chi connectivity index (χ2n) is 5.67. The zero-order valence-corrected chi connectivity index (χ0v) is 11.8. The number of rotatable bonds is 3. The molecule has 0 saturated carbocycles. The van der Waals surface area contributed by atoms with Crippen LogP contribution in [0.4, 0.5) is 4.39 Å². The summed E-state index contributed by atoms with van der Waals surface area (Å²) in [5.74, 6) is -0.134. The first-order chi connectivity index (χ1) is 9.72. The molecule has 0 radical (unpaired) electrons. The maximum atomic E-state index is 13.4. The van der Waals surface area contributed by atoms with E-state index in [9.17, 15) is 4.39 Å². The summed E-state index contributed by atoms with van der Waals surface area (Å²) in [6.07, 6.45) is 2.31. The summed E-state index contributed by atoms with van der Waals surface area (Å²) in [5, 5.41) is 0. The Morgan fingerprint density at radius 1 is 1.15 bits per heavy atom. The van der Waals surface area contributed by atoms with Gasteiger partial charge in [-0.25, -0.2) is 4.39 Å². The Labute approximate surface area is 120 Å². The maximum Gasteiger partial charge on any atom is 0.123 e. The Morgan fingerprint density at radius 3 is 2.80 bits per heavy atom. The summed E-state index contributed by atoms with van der Waals surface area (Å²) in [5.41, 5.74) is 3.74. The Kier molecular flexibility index (Phi) is 3.83. The molecule has 1 atom stereocenters. The number of hydrogen-bond acceptors (Lipinski definition) is 1. The molecule has 1 fully saturated rings. The van der Waals surface area contributed by atoms with Crippen LogP contribution in [0.25, 0.3) is 0 Å². The molecule has 1 heterocycles. The first-order valence-electron chi connectivity index (χ1n) is 7.27. The number of hydrogen-bond donors (Lipinski definition) is 0. The third kappa shape index (κ3) is 2.91. The number of aryl methyl sites for hydroxylation is 1. The summed E-state index contributed by atoms with van der Waals surface area (Å²) >= 11 is 0. The van der Waals surface area contributed by atoms with Crippen molar-refractivity contribution in [2.24, 2.45) is 0 Å². The molecule has 0 aliphatic carbocycles. The normalized spacial score (nSPS) is 19.4. The summed E-state index contributed by atoms with van der Waals surface area (Å²) in [6.45, 7) is 4.16. The second-order valence-corrected chi connectivity index (χ2v) is 5.67. The summed E-state index contributed by atoms with van der Waals surface area (Å²) in [7, 11) is 0. The van der Waals surface area contributed by atoms with E-state index in [1.807, 2.05) is 12.1 Å². The predicted octanol–water partition coefficient (Wildman–Crippen LogP) is 4.47. The highest BCUT2D eigenvalue weighted by molar-refractivity contribution is 5.24. The van der Waals surface area contributed by atoms with Crippen molar-refractivity contribution in [2.45, 2.75) is 32.4 Å². The largest absolute Gasteiger partial charge is 0.292 e. The summed E-state index contributed by atoms with van der Waals surface area (Å²) < 4.78 is 13.4. The Hall–Kier alpha value is -1.67. The molecule has 2 aromatic rings. The van der Waals surface area contributed by atoms with E-state index in [0.29, 0.717) is 6.04 Å². The van der Waals surface area contributed by atoms with Crippen LogP contribution < -0.4 is 0 Å². The monoisotopic (exact) mass is 269 g/mol. The van der Waals surface area contributed by atoms with Crippen LogP contribution in [0, 0.1) is 12.7 Å². The number of benzene rings is 2. The van der Waals surface area contributed by atoms with Crippen molar-refractivity contribution in [3.63, 3.8) is 0 Å². The lowest BCUT2D eigenvalue weighted by Crippen LogP contribution is -2.22. The van der Waals surface area contributed by atoms with Gasteiger partial charge in [-0.15, -0.1) is 0 Å². The minimum Gasteiger partial charge on any atom is -0.292 e. The van der Waals surface area contributed by atoms with Crippen molar-refractivity contribution < 1.29 is 4.39 Å². The Bertz CT molecular complexity index is 593. The average Bonchev–Trinajstić information content (AvgIpc) is 2.87. The van der Waals surface area contributed by atoms with Crippen LogP contribution in [0.15, 0.2) is 48.5 Å². The number of nitrogens with zero attached hydrogens (tertiary/aromatic N) is 1. The standard InChI is InChI=1S/C18H20FN/c1-14-5-2-6-15(11-14)13-20-10-4-9-18(20)16-7-3-8-17(19)12-16/h2-3,5-8,11-12,18H,4,9-10,13H2,1H3. The van der Waals surface area contributed by atoms with Gasteiger partial charge in [0, 0.05) is 12.6 Å². The molecule has 0 aromatic heterocycles. The van der Waals surface area contributed by atoms with Crippen molar-refractivity contribution in [1.82, 2.24) is 4.90 Å². The van der Waals surface area contributed by atoms with Crippen LogP contribution in [-0.2, 0) is 6.54 Å². The molecule has 3 rings (SSSR count). The van der Waals surface area contributed by atoms with Crippen LogP contribution in [0.5, 0.6) is 0 Å². The molecular weight excluding hydrogens is 249 g/mol. The minimum atomic E-state index is -0.134. The lowest BCUT2D eigenvalue weighted by Gasteiger charge is -2.25. The quantitative estimate of drug-likeness (QED) is 0.794. The fourth-order valence-electron chi connectivity index (χ4n) is 3.15. The molecule has 1 unspecified atom stereocenters. The van der Waals surface area contributed by atoms with Gasteiger partial charge in [-0.2, -0.15) is 0 Å².